The van der Waals surface area contributed by atoms with Crippen molar-refractivity contribution in [2.24, 2.45) is 0 Å². The number of H-pyrrole nitrogens is 1. The van der Waals surface area contributed by atoms with E-state index in [1.807, 2.05) is 0 Å². The Balaban J connectivity index is 2.52. The van der Waals surface area contributed by atoms with E-state index in [2.05, 4.69) is 25.7 Å². The first-order valence-corrected chi connectivity index (χ1v) is 4.55. The minimum Gasteiger partial charge on any atom is -0.479 e. The van der Waals surface area contributed by atoms with Gasteiger partial charge in [0.1, 0.15) is 0 Å². The van der Waals surface area contributed by atoms with E-state index in [0.29, 0.717) is 11.4 Å². The Hall–Kier alpha value is -2.25. The predicted molar refractivity (Wildman–Crippen MR) is 52.4 cm³/mol. The van der Waals surface area contributed by atoms with Crippen LogP contribution in [-0.2, 0) is 10.3 Å². The number of nitrogens with one attached hydrogen (secondary N) is 1. The molecule has 0 fully saturated rings. The Morgan fingerprint density at radius 2 is 2.31 bits per heavy atom. The maximum atomic E-state index is 11.1. The fourth-order valence-electron chi connectivity index (χ4n) is 1.21. The molecule has 2 aromatic rings. The normalized spacial score (nSPS) is 11.6. The zero-order valence-corrected chi connectivity index (χ0v) is 8.75. The van der Waals surface area contributed by atoms with Gasteiger partial charge in [-0.3, -0.25) is 5.10 Å². The highest BCUT2D eigenvalue weighted by Crippen LogP contribution is 2.21. The van der Waals surface area contributed by atoms with Crippen molar-refractivity contribution in [1.82, 2.24) is 30.4 Å². The highest BCUT2D eigenvalue weighted by Gasteiger charge is 2.33. The van der Waals surface area contributed by atoms with Crippen molar-refractivity contribution < 1.29 is 9.90 Å². The van der Waals surface area contributed by atoms with Crippen molar-refractivity contribution in [2.75, 3.05) is 0 Å². The van der Waals surface area contributed by atoms with Gasteiger partial charge in [0.25, 0.3) is 0 Å². The number of aromatic amines is 1. The molecule has 8 nitrogen and oxygen atoms in total. The van der Waals surface area contributed by atoms with Gasteiger partial charge in [-0.15, -0.1) is 5.10 Å². The Morgan fingerprint density at radius 1 is 1.56 bits per heavy atom. The van der Waals surface area contributed by atoms with Gasteiger partial charge in [0.05, 0.1) is 11.8 Å². The summed E-state index contributed by atoms with van der Waals surface area (Å²) in [5.41, 5.74) is -0.574. The SMILES string of the molecule is CC(C)(C(=O)O)n1nnnc1-c1cn[nH]c1. The number of rotatable bonds is 3. The van der Waals surface area contributed by atoms with Crippen LogP contribution >= 0.6 is 0 Å². The Labute approximate surface area is 90.3 Å². The van der Waals surface area contributed by atoms with Crippen LogP contribution in [0.25, 0.3) is 11.4 Å². The van der Waals surface area contributed by atoms with E-state index >= 15 is 0 Å². The first-order chi connectivity index (χ1) is 7.53. The smallest absolute Gasteiger partial charge is 0.331 e. The van der Waals surface area contributed by atoms with Gasteiger partial charge in [0.2, 0.25) is 0 Å². The average molecular weight is 222 g/mol. The molecular weight excluding hydrogens is 212 g/mol. The van der Waals surface area contributed by atoms with Crippen molar-refractivity contribution in [3.8, 4) is 11.4 Å². The van der Waals surface area contributed by atoms with Crippen LogP contribution in [-0.4, -0.2) is 41.5 Å². The van der Waals surface area contributed by atoms with Gasteiger partial charge in [-0.05, 0) is 24.3 Å². The Kier molecular flexibility index (Phi) is 2.18. The second kappa shape index (κ2) is 3.40. The molecule has 0 saturated carbocycles. The molecule has 0 amide bonds. The highest BCUT2D eigenvalue weighted by atomic mass is 16.4. The molecule has 0 unspecified atom stereocenters. The summed E-state index contributed by atoms with van der Waals surface area (Å²) in [6.45, 7) is 3.05. The van der Waals surface area contributed by atoms with Crippen LogP contribution in [0.15, 0.2) is 12.4 Å². The summed E-state index contributed by atoms with van der Waals surface area (Å²) in [5.74, 6) is -0.648. The van der Waals surface area contributed by atoms with Crippen molar-refractivity contribution in [3.05, 3.63) is 12.4 Å². The quantitative estimate of drug-likeness (QED) is 0.749. The van der Waals surface area contributed by atoms with Crippen LogP contribution in [0.5, 0.6) is 0 Å². The summed E-state index contributed by atoms with van der Waals surface area (Å²) in [6, 6.07) is 0. The molecule has 0 radical (unpaired) electrons. The predicted octanol–water partition coefficient (Wildman–Crippen LogP) is -0.117. The molecule has 0 bridgehead atoms. The number of carboxylic acids is 1. The number of aromatic nitrogens is 6. The van der Waals surface area contributed by atoms with Crippen LogP contribution in [0.3, 0.4) is 0 Å². The van der Waals surface area contributed by atoms with E-state index in [4.69, 9.17) is 5.11 Å². The van der Waals surface area contributed by atoms with Gasteiger partial charge in [-0.2, -0.15) is 5.10 Å². The molecule has 0 saturated heterocycles. The summed E-state index contributed by atoms with van der Waals surface area (Å²) in [6.07, 6.45) is 3.13. The van der Waals surface area contributed by atoms with Gasteiger partial charge in [0, 0.05) is 6.20 Å². The van der Waals surface area contributed by atoms with Gasteiger partial charge in [-0.1, -0.05) is 0 Å². The molecule has 84 valence electrons. The average Bonchev–Trinajstić information content (AvgIpc) is 2.88. The van der Waals surface area contributed by atoms with E-state index in [9.17, 15) is 4.79 Å². The third-order valence-electron chi connectivity index (χ3n) is 2.28. The summed E-state index contributed by atoms with van der Waals surface area (Å²) in [7, 11) is 0. The fourth-order valence-corrected chi connectivity index (χ4v) is 1.21. The third-order valence-corrected chi connectivity index (χ3v) is 2.28. The van der Waals surface area contributed by atoms with Crippen LogP contribution in [0, 0.1) is 0 Å². The molecule has 0 aromatic carbocycles. The second-order valence-corrected chi connectivity index (χ2v) is 3.77. The van der Waals surface area contributed by atoms with Gasteiger partial charge in [0.15, 0.2) is 11.4 Å². The van der Waals surface area contributed by atoms with Crippen molar-refractivity contribution in [2.45, 2.75) is 19.4 Å². The van der Waals surface area contributed by atoms with E-state index in [1.54, 1.807) is 6.20 Å². The molecule has 0 atom stereocenters. The van der Waals surface area contributed by atoms with Crippen LogP contribution < -0.4 is 0 Å². The monoisotopic (exact) mass is 222 g/mol. The summed E-state index contributed by atoms with van der Waals surface area (Å²) >= 11 is 0. The Bertz CT molecular complexity index is 500. The minimum absolute atomic E-state index is 0.362. The zero-order valence-electron chi connectivity index (χ0n) is 8.75. The van der Waals surface area contributed by atoms with Crippen LogP contribution in [0.1, 0.15) is 13.8 Å². The second-order valence-electron chi connectivity index (χ2n) is 3.77. The van der Waals surface area contributed by atoms with Gasteiger partial charge in [-0.25, -0.2) is 9.48 Å². The number of aliphatic carboxylic acids is 1. The number of nitrogens with zero attached hydrogens (tertiary/aromatic N) is 5. The highest BCUT2D eigenvalue weighted by molar-refractivity contribution is 5.76. The van der Waals surface area contributed by atoms with Crippen molar-refractivity contribution >= 4 is 5.97 Å². The molecule has 2 rings (SSSR count). The topological polar surface area (TPSA) is 110 Å². The maximum Gasteiger partial charge on any atom is 0.331 e. The molecule has 2 N–H and O–H groups in total. The molecule has 2 aromatic heterocycles. The number of carbonyl (C=O) groups is 1. The number of tetrazole rings is 1. The number of hydrogen-bond acceptors (Lipinski definition) is 5. The molecule has 0 aliphatic heterocycles. The number of hydrogen-bond donors (Lipinski definition) is 2. The van der Waals surface area contributed by atoms with E-state index in [-0.39, 0.29) is 0 Å². The summed E-state index contributed by atoms with van der Waals surface area (Å²) in [4.78, 5) is 11.1. The third kappa shape index (κ3) is 1.44. The van der Waals surface area contributed by atoms with Gasteiger partial charge >= 0.3 is 5.97 Å². The molecule has 16 heavy (non-hydrogen) atoms. The summed E-state index contributed by atoms with van der Waals surface area (Å²) < 4.78 is 1.25. The lowest BCUT2D eigenvalue weighted by Crippen LogP contribution is -2.37. The van der Waals surface area contributed by atoms with Crippen molar-refractivity contribution in [1.29, 1.82) is 0 Å². The first-order valence-electron chi connectivity index (χ1n) is 4.55. The standard InChI is InChI=1S/C8H10N6O2/c1-8(2,7(15)16)14-6(11-12-13-14)5-3-9-10-4-5/h3-4H,1-2H3,(H,9,10)(H,15,16). The Morgan fingerprint density at radius 3 is 2.88 bits per heavy atom. The zero-order chi connectivity index (χ0) is 11.8. The number of carboxylic acid groups (broad SMARTS) is 1. The lowest BCUT2D eigenvalue weighted by Gasteiger charge is -2.19. The first kappa shape index (κ1) is 10.3. The molecule has 8 heteroatoms. The minimum atomic E-state index is -1.21. The largest absolute Gasteiger partial charge is 0.479 e. The van der Waals surface area contributed by atoms with E-state index < -0.39 is 11.5 Å². The maximum absolute atomic E-state index is 11.1. The fraction of sp³-hybridized carbons (Fsp3) is 0.375. The van der Waals surface area contributed by atoms with E-state index in [1.165, 1.54) is 24.7 Å². The molecular formula is C8H10N6O2. The van der Waals surface area contributed by atoms with Gasteiger partial charge < -0.3 is 5.11 Å². The lowest BCUT2D eigenvalue weighted by atomic mass is 10.1. The molecule has 0 spiro atoms. The molecule has 0 aliphatic rings. The van der Waals surface area contributed by atoms with Crippen molar-refractivity contribution in [3.63, 3.8) is 0 Å². The molecule has 2 heterocycles. The summed E-state index contributed by atoms with van der Waals surface area (Å²) in [5, 5.41) is 26.4. The van der Waals surface area contributed by atoms with Crippen LogP contribution in [0.2, 0.25) is 0 Å². The molecule has 0 aliphatic carbocycles. The van der Waals surface area contributed by atoms with E-state index in [0.717, 1.165) is 0 Å². The lowest BCUT2D eigenvalue weighted by molar-refractivity contribution is -0.146. The van der Waals surface area contributed by atoms with Crippen LogP contribution in [0.4, 0.5) is 0 Å².